The molecule has 4 nitrogen and oxygen atoms in total. The van der Waals surface area contributed by atoms with Crippen molar-refractivity contribution < 1.29 is 18.7 Å². The van der Waals surface area contributed by atoms with Gasteiger partial charge in [-0.2, -0.15) is 0 Å². The van der Waals surface area contributed by atoms with Crippen LogP contribution in [-0.2, 0) is 9.53 Å². The topological polar surface area (TPSA) is 55.4 Å². The van der Waals surface area contributed by atoms with E-state index in [-0.39, 0.29) is 10.6 Å². The van der Waals surface area contributed by atoms with Gasteiger partial charge in [0.2, 0.25) is 0 Å². The first-order chi connectivity index (χ1) is 10.9. The van der Waals surface area contributed by atoms with Crippen LogP contribution >= 0.6 is 11.6 Å². The number of rotatable bonds is 4. The number of hydrogen-bond acceptors (Lipinski definition) is 3. The molecular formula is C17H15ClFNO3. The van der Waals surface area contributed by atoms with Gasteiger partial charge in [-0.05, 0) is 55.3 Å². The Labute approximate surface area is 138 Å². The molecular weight excluding hydrogens is 321 g/mol. The molecule has 23 heavy (non-hydrogen) atoms. The lowest BCUT2D eigenvalue weighted by atomic mass is 10.1. The quantitative estimate of drug-likeness (QED) is 0.862. The fourth-order valence-corrected chi connectivity index (χ4v) is 2.05. The van der Waals surface area contributed by atoms with E-state index in [1.165, 1.54) is 6.07 Å². The molecule has 0 saturated heterocycles. The monoisotopic (exact) mass is 335 g/mol. The number of benzene rings is 2. The fourth-order valence-electron chi connectivity index (χ4n) is 1.88. The van der Waals surface area contributed by atoms with Crippen LogP contribution in [0.25, 0.3) is 0 Å². The van der Waals surface area contributed by atoms with Crippen LogP contribution in [0, 0.1) is 19.7 Å². The molecule has 1 N–H and O–H groups in total. The molecule has 0 aliphatic heterocycles. The smallest absolute Gasteiger partial charge is 0.341 e. The molecule has 6 heteroatoms. The molecule has 0 aliphatic rings. The third-order valence-corrected chi connectivity index (χ3v) is 3.51. The highest BCUT2D eigenvalue weighted by Crippen LogP contribution is 2.16. The predicted molar refractivity (Wildman–Crippen MR) is 86.2 cm³/mol. The maximum absolute atomic E-state index is 13.5. The van der Waals surface area contributed by atoms with Gasteiger partial charge >= 0.3 is 5.97 Å². The molecule has 2 aromatic carbocycles. The molecule has 2 rings (SSSR count). The van der Waals surface area contributed by atoms with Crippen molar-refractivity contribution >= 4 is 29.2 Å². The van der Waals surface area contributed by atoms with Crippen molar-refractivity contribution in [2.24, 2.45) is 0 Å². The van der Waals surface area contributed by atoms with Crippen molar-refractivity contribution in [3.05, 3.63) is 63.9 Å². The van der Waals surface area contributed by atoms with Gasteiger partial charge in [-0.25, -0.2) is 9.18 Å². The minimum absolute atomic E-state index is 0.206. The number of hydrogen-bond donors (Lipinski definition) is 1. The van der Waals surface area contributed by atoms with E-state index in [4.69, 9.17) is 16.3 Å². The average molecular weight is 336 g/mol. The van der Waals surface area contributed by atoms with E-state index in [9.17, 15) is 14.0 Å². The average Bonchev–Trinajstić information content (AvgIpc) is 2.51. The minimum Gasteiger partial charge on any atom is -0.452 e. The van der Waals surface area contributed by atoms with Crippen LogP contribution in [0.15, 0.2) is 36.4 Å². The Bertz CT molecular complexity index is 761. The van der Waals surface area contributed by atoms with Crippen LogP contribution < -0.4 is 5.32 Å². The normalized spacial score (nSPS) is 10.3. The predicted octanol–water partition coefficient (Wildman–Crippen LogP) is 3.89. The molecule has 120 valence electrons. The summed E-state index contributed by atoms with van der Waals surface area (Å²) in [7, 11) is 0. The lowest BCUT2D eigenvalue weighted by Gasteiger charge is -2.09. The van der Waals surface area contributed by atoms with Gasteiger partial charge in [-0.15, -0.1) is 0 Å². The lowest BCUT2D eigenvalue weighted by molar-refractivity contribution is -0.119. The van der Waals surface area contributed by atoms with Crippen LogP contribution in [0.2, 0.25) is 5.02 Å². The van der Waals surface area contributed by atoms with Gasteiger partial charge in [-0.3, -0.25) is 4.79 Å². The number of esters is 1. The Morgan fingerprint density at radius 2 is 1.87 bits per heavy atom. The summed E-state index contributed by atoms with van der Waals surface area (Å²) in [6, 6.07) is 8.97. The molecule has 0 saturated carbocycles. The van der Waals surface area contributed by atoms with E-state index >= 15 is 0 Å². The van der Waals surface area contributed by atoms with Crippen molar-refractivity contribution in [1.29, 1.82) is 0 Å². The standard InChI is InChI=1S/C17H15ClFNO3/c1-10-3-5-13(7-11(10)2)20-16(21)9-23-17(22)14-8-12(18)4-6-15(14)19/h3-8H,9H2,1-2H3,(H,20,21). The first kappa shape index (κ1) is 17.0. The largest absolute Gasteiger partial charge is 0.452 e. The number of carbonyl (C=O) groups is 2. The molecule has 0 fully saturated rings. The van der Waals surface area contributed by atoms with Crippen LogP contribution in [0.5, 0.6) is 0 Å². The number of carbonyl (C=O) groups excluding carboxylic acids is 2. The van der Waals surface area contributed by atoms with Crippen LogP contribution in [0.1, 0.15) is 21.5 Å². The molecule has 0 atom stereocenters. The first-order valence-corrected chi connectivity index (χ1v) is 7.24. The highest BCUT2D eigenvalue weighted by Gasteiger charge is 2.15. The molecule has 0 unspecified atom stereocenters. The minimum atomic E-state index is -0.944. The van der Waals surface area contributed by atoms with Crippen LogP contribution in [-0.4, -0.2) is 18.5 Å². The number of anilines is 1. The highest BCUT2D eigenvalue weighted by atomic mass is 35.5. The van der Waals surface area contributed by atoms with Gasteiger partial charge in [0.1, 0.15) is 5.82 Å². The molecule has 0 aliphatic carbocycles. The Hall–Kier alpha value is -2.40. The molecule has 1 amide bonds. The van der Waals surface area contributed by atoms with Crippen molar-refractivity contribution in [1.82, 2.24) is 0 Å². The van der Waals surface area contributed by atoms with E-state index in [0.29, 0.717) is 5.69 Å². The van der Waals surface area contributed by atoms with Gasteiger partial charge in [-0.1, -0.05) is 17.7 Å². The summed E-state index contributed by atoms with van der Waals surface area (Å²) in [5.74, 6) is -2.21. The Morgan fingerprint density at radius 1 is 1.13 bits per heavy atom. The van der Waals surface area contributed by atoms with Gasteiger partial charge in [0, 0.05) is 10.7 Å². The summed E-state index contributed by atoms with van der Waals surface area (Å²) in [6.07, 6.45) is 0. The summed E-state index contributed by atoms with van der Waals surface area (Å²) in [4.78, 5) is 23.6. The number of ether oxygens (including phenoxy) is 1. The molecule has 0 bridgehead atoms. The Balaban J connectivity index is 1.94. The van der Waals surface area contributed by atoms with Gasteiger partial charge in [0.25, 0.3) is 5.91 Å². The van der Waals surface area contributed by atoms with Crippen LogP contribution in [0.3, 0.4) is 0 Å². The second-order valence-electron chi connectivity index (χ2n) is 5.05. The van der Waals surface area contributed by atoms with E-state index in [1.807, 2.05) is 26.0 Å². The zero-order valence-corrected chi connectivity index (χ0v) is 13.4. The number of halogens is 2. The highest BCUT2D eigenvalue weighted by molar-refractivity contribution is 6.30. The molecule has 0 spiro atoms. The van der Waals surface area contributed by atoms with Crippen molar-refractivity contribution in [2.75, 3.05) is 11.9 Å². The third kappa shape index (κ3) is 4.53. The number of aryl methyl sites for hydroxylation is 2. The first-order valence-electron chi connectivity index (χ1n) is 6.86. The van der Waals surface area contributed by atoms with Gasteiger partial charge in [0.15, 0.2) is 6.61 Å². The fraction of sp³-hybridized carbons (Fsp3) is 0.176. The Morgan fingerprint density at radius 3 is 2.57 bits per heavy atom. The lowest BCUT2D eigenvalue weighted by Crippen LogP contribution is -2.21. The Kier molecular flexibility index (Phi) is 5.34. The zero-order valence-electron chi connectivity index (χ0n) is 12.7. The SMILES string of the molecule is Cc1ccc(NC(=O)COC(=O)c2cc(Cl)ccc2F)cc1C. The van der Waals surface area contributed by atoms with E-state index in [0.717, 1.165) is 23.3 Å². The van der Waals surface area contributed by atoms with Crippen LogP contribution in [0.4, 0.5) is 10.1 Å². The third-order valence-electron chi connectivity index (χ3n) is 3.27. The molecule has 0 aromatic heterocycles. The summed E-state index contributed by atoms with van der Waals surface area (Å²) in [5.41, 5.74) is 2.42. The number of amides is 1. The van der Waals surface area contributed by atoms with E-state index in [2.05, 4.69) is 5.32 Å². The van der Waals surface area contributed by atoms with Crippen molar-refractivity contribution in [3.8, 4) is 0 Å². The summed E-state index contributed by atoms with van der Waals surface area (Å²) >= 11 is 5.70. The summed E-state index contributed by atoms with van der Waals surface area (Å²) in [6.45, 7) is 3.37. The van der Waals surface area contributed by atoms with Crippen molar-refractivity contribution in [3.63, 3.8) is 0 Å². The molecule has 0 radical (unpaired) electrons. The summed E-state index contributed by atoms with van der Waals surface area (Å²) in [5, 5.41) is 2.81. The maximum Gasteiger partial charge on any atom is 0.341 e. The van der Waals surface area contributed by atoms with E-state index < -0.39 is 24.3 Å². The van der Waals surface area contributed by atoms with Gasteiger partial charge < -0.3 is 10.1 Å². The van der Waals surface area contributed by atoms with E-state index in [1.54, 1.807) is 6.07 Å². The second kappa shape index (κ2) is 7.24. The summed E-state index contributed by atoms with van der Waals surface area (Å²) < 4.78 is 18.3. The maximum atomic E-state index is 13.5. The molecule has 0 heterocycles. The number of nitrogens with one attached hydrogen (secondary N) is 1. The second-order valence-corrected chi connectivity index (χ2v) is 5.48. The zero-order chi connectivity index (χ0) is 17.0. The molecule has 2 aromatic rings. The van der Waals surface area contributed by atoms with Crippen molar-refractivity contribution in [2.45, 2.75) is 13.8 Å². The van der Waals surface area contributed by atoms with Gasteiger partial charge in [0.05, 0.1) is 5.56 Å².